The van der Waals surface area contributed by atoms with Gasteiger partial charge in [-0.25, -0.2) is 0 Å². The predicted molar refractivity (Wildman–Crippen MR) is 75.2 cm³/mol. The summed E-state index contributed by atoms with van der Waals surface area (Å²) >= 11 is 0. The van der Waals surface area contributed by atoms with E-state index >= 15 is 0 Å². The quantitative estimate of drug-likeness (QED) is 0.656. The standard InChI is InChI=1S/C14H19N3O3/c1-16(14(18)9-12-6-4-8-15-12)10-11-5-2-3-7-13(11)17(19)20/h2-3,5,7,12,15H,4,6,8-10H2,1H3. The highest BCUT2D eigenvalue weighted by Crippen LogP contribution is 2.19. The number of amides is 1. The molecule has 0 spiro atoms. The molecule has 6 nitrogen and oxygen atoms in total. The van der Waals surface area contributed by atoms with Gasteiger partial charge in [0.25, 0.3) is 5.69 Å². The molecule has 6 heteroatoms. The summed E-state index contributed by atoms with van der Waals surface area (Å²) in [5.41, 5.74) is 0.624. The van der Waals surface area contributed by atoms with Crippen molar-refractivity contribution < 1.29 is 9.72 Å². The van der Waals surface area contributed by atoms with Crippen molar-refractivity contribution in [3.8, 4) is 0 Å². The van der Waals surface area contributed by atoms with E-state index in [1.807, 2.05) is 0 Å². The average Bonchev–Trinajstić information content (AvgIpc) is 2.91. The SMILES string of the molecule is CN(Cc1ccccc1[N+](=O)[O-])C(=O)CC1CCCN1. The van der Waals surface area contributed by atoms with Gasteiger partial charge in [0.2, 0.25) is 5.91 Å². The highest BCUT2D eigenvalue weighted by atomic mass is 16.6. The molecule has 1 N–H and O–H groups in total. The molecule has 1 aliphatic rings. The number of hydrogen-bond acceptors (Lipinski definition) is 4. The van der Waals surface area contributed by atoms with E-state index in [0.717, 1.165) is 19.4 Å². The number of carbonyl (C=O) groups excluding carboxylic acids is 1. The molecule has 0 aliphatic carbocycles. The van der Waals surface area contributed by atoms with E-state index in [-0.39, 0.29) is 24.2 Å². The summed E-state index contributed by atoms with van der Waals surface area (Å²) in [6, 6.07) is 6.78. The van der Waals surface area contributed by atoms with Gasteiger partial charge in [-0.15, -0.1) is 0 Å². The molecule has 1 atom stereocenters. The molecule has 1 aromatic carbocycles. The fourth-order valence-corrected chi connectivity index (χ4v) is 2.46. The maximum atomic E-state index is 12.1. The predicted octanol–water partition coefficient (Wildman–Crippen LogP) is 1.70. The zero-order chi connectivity index (χ0) is 14.5. The van der Waals surface area contributed by atoms with Gasteiger partial charge in [-0.05, 0) is 19.4 Å². The van der Waals surface area contributed by atoms with Crippen LogP contribution >= 0.6 is 0 Å². The van der Waals surface area contributed by atoms with Crippen LogP contribution in [-0.2, 0) is 11.3 Å². The number of rotatable bonds is 5. The van der Waals surface area contributed by atoms with Crippen LogP contribution in [0.1, 0.15) is 24.8 Å². The molecule has 1 saturated heterocycles. The number of nitrogens with zero attached hydrogens (tertiary/aromatic N) is 2. The van der Waals surface area contributed by atoms with Crippen molar-refractivity contribution in [1.29, 1.82) is 0 Å². The van der Waals surface area contributed by atoms with Gasteiger partial charge in [-0.3, -0.25) is 14.9 Å². The van der Waals surface area contributed by atoms with Crippen molar-refractivity contribution in [3.63, 3.8) is 0 Å². The maximum Gasteiger partial charge on any atom is 0.274 e. The Kier molecular flexibility index (Phi) is 4.68. The van der Waals surface area contributed by atoms with Gasteiger partial charge in [0.1, 0.15) is 0 Å². The van der Waals surface area contributed by atoms with E-state index in [0.29, 0.717) is 12.0 Å². The van der Waals surface area contributed by atoms with Crippen molar-refractivity contribution in [3.05, 3.63) is 39.9 Å². The summed E-state index contributed by atoms with van der Waals surface area (Å²) in [5.74, 6) is 0.0163. The molecule has 0 bridgehead atoms. The molecule has 1 fully saturated rings. The Morgan fingerprint density at radius 3 is 2.90 bits per heavy atom. The fourth-order valence-electron chi connectivity index (χ4n) is 2.46. The summed E-state index contributed by atoms with van der Waals surface area (Å²) in [6.45, 7) is 1.23. The number of carbonyl (C=O) groups is 1. The summed E-state index contributed by atoms with van der Waals surface area (Å²) in [6.07, 6.45) is 2.58. The molecule has 1 amide bonds. The van der Waals surface area contributed by atoms with E-state index in [9.17, 15) is 14.9 Å². The van der Waals surface area contributed by atoms with Crippen LogP contribution in [-0.4, -0.2) is 35.4 Å². The third-order valence-corrected chi connectivity index (χ3v) is 3.60. The van der Waals surface area contributed by atoms with Gasteiger partial charge in [-0.1, -0.05) is 18.2 Å². The average molecular weight is 277 g/mol. The first kappa shape index (κ1) is 14.5. The Morgan fingerprint density at radius 1 is 1.50 bits per heavy atom. The van der Waals surface area contributed by atoms with Crippen molar-refractivity contribution in [1.82, 2.24) is 10.2 Å². The molecule has 0 saturated carbocycles. The second-order valence-electron chi connectivity index (χ2n) is 5.13. The Labute approximate surface area is 117 Å². The van der Waals surface area contributed by atoms with E-state index in [2.05, 4.69) is 5.32 Å². The van der Waals surface area contributed by atoms with Crippen LogP contribution in [0, 0.1) is 10.1 Å². The molecule has 1 aliphatic heterocycles. The van der Waals surface area contributed by atoms with Gasteiger partial charge in [0.15, 0.2) is 0 Å². The molecule has 108 valence electrons. The van der Waals surface area contributed by atoms with E-state index in [4.69, 9.17) is 0 Å². The third-order valence-electron chi connectivity index (χ3n) is 3.60. The van der Waals surface area contributed by atoms with Crippen LogP contribution in [0.4, 0.5) is 5.69 Å². The van der Waals surface area contributed by atoms with E-state index in [1.165, 1.54) is 6.07 Å². The van der Waals surface area contributed by atoms with Gasteiger partial charge in [0, 0.05) is 31.1 Å². The molecule has 0 radical (unpaired) electrons. The van der Waals surface area contributed by atoms with Crippen molar-refractivity contribution in [2.75, 3.05) is 13.6 Å². The molecular weight excluding hydrogens is 258 g/mol. The van der Waals surface area contributed by atoms with Crippen molar-refractivity contribution >= 4 is 11.6 Å². The Balaban J connectivity index is 1.98. The first-order chi connectivity index (χ1) is 9.58. The summed E-state index contributed by atoms with van der Waals surface area (Å²) in [5, 5.41) is 14.2. The van der Waals surface area contributed by atoms with Crippen molar-refractivity contribution in [2.45, 2.75) is 31.8 Å². The van der Waals surface area contributed by atoms with Gasteiger partial charge >= 0.3 is 0 Å². The van der Waals surface area contributed by atoms with Crippen LogP contribution < -0.4 is 5.32 Å². The van der Waals surface area contributed by atoms with Crippen LogP contribution in [0.3, 0.4) is 0 Å². The monoisotopic (exact) mass is 277 g/mol. The van der Waals surface area contributed by atoms with Crippen LogP contribution in [0.15, 0.2) is 24.3 Å². The Morgan fingerprint density at radius 2 is 2.25 bits per heavy atom. The second kappa shape index (κ2) is 6.47. The molecular formula is C14H19N3O3. The number of nitro groups is 1. The lowest BCUT2D eigenvalue weighted by atomic mass is 10.1. The summed E-state index contributed by atoms with van der Waals surface area (Å²) in [4.78, 5) is 24.2. The maximum absolute atomic E-state index is 12.1. The van der Waals surface area contributed by atoms with Gasteiger partial charge in [-0.2, -0.15) is 0 Å². The second-order valence-corrected chi connectivity index (χ2v) is 5.13. The molecule has 1 aromatic rings. The molecule has 1 heterocycles. The minimum absolute atomic E-state index is 0.0163. The first-order valence-electron chi connectivity index (χ1n) is 6.77. The molecule has 2 rings (SSSR count). The van der Waals surface area contributed by atoms with Crippen LogP contribution in [0.2, 0.25) is 0 Å². The van der Waals surface area contributed by atoms with E-state index < -0.39 is 4.92 Å². The Bertz CT molecular complexity index is 498. The fraction of sp³-hybridized carbons (Fsp3) is 0.500. The van der Waals surface area contributed by atoms with E-state index in [1.54, 1.807) is 30.1 Å². The molecule has 20 heavy (non-hydrogen) atoms. The lowest BCUT2D eigenvalue weighted by molar-refractivity contribution is -0.385. The lowest BCUT2D eigenvalue weighted by Crippen LogP contribution is -2.33. The first-order valence-corrected chi connectivity index (χ1v) is 6.77. The molecule has 0 aromatic heterocycles. The summed E-state index contributed by atoms with van der Waals surface area (Å²) in [7, 11) is 1.69. The van der Waals surface area contributed by atoms with Crippen LogP contribution in [0.25, 0.3) is 0 Å². The minimum Gasteiger partial charge on any atom is -0.341 e. The highest BCUT2D eigenvalue weighted by Gasteiger charge is 2.21. The van der Waals surface area contributed by atoms with Gasteiger partial charge in [0.05, 0.1) is 11.5 Å². The highest BCUT2D eigenvalue weighted by molar-refractivity contribution is 5.76. The topological polar surface area (TPSA) is 75.5 Å². The van der Waals surface area contributed by atoms with Crippen molar-refractivity contribution in [2.24, 2.45) is 0 Å². The lowest BCUT2D eigenvalue weighted by Gasteiger charge is -2.19. The third kappa shape index (κ3) is 3.54. The minimum atomic E-state index is -0.411. The van der Waals surface area contributed by atoms with Gasteiger partial charge < -0.3 is 10.2 Å². The smallest absolute Gasteiger partial charge is 0.274 e. The Hall–Kier alpha value is -1.95. The molecule has 1 unspecified atom stereocenters. The normalized spacial score (nSPS) is 17.9. The number of nitro benzene ring substituents is 1. The number of benzene rings is 1. The largest absolute Gasteiger partial charge is 0.341 e. The number of para-hydroxylation sites is 1. The van der Waals surface area contributed by atoms with Crippen LogP contribution in [0.5, 0.6) is 0 Å². The zero-order valence-electron chi connectivity index (χ0n) is 11.5. The number of nitrogens with one attached hydrogen (secondary N) is 1. The summed E-state index contributed by atoms with van der Waals surface area (Å²) < 4.78 is 0. The zero-order valence-corrected chi connectivity index (χ0v) is 11.5. The number of hydrogen-bond donors (Lipinski definition) is 1.